The largest absolute Gasteiger partial charge is 0.491 e. The van der Waals surface area contributed by atoms with E-state index in [-0.39, 0.29) is 25.0 Å². The van der Waals surface area contributed by atoms with Gasteiger partial charge >= 0.3 is 0 Å². The van der Waals surface area contributed by atoms with Gasteiger partial charge in [-0.15, -0.1) is 0 Å². The van der Waals surface area contributed by atoms with E-state index in [1.54, 1.807) is 7.11 Å². The Bertz CT molecular complexity index is 683. The summed E-state index contributed by atoms with van der Waals surface area (Å²) < 4.78 is 32.9. The summed E-state index contributed by atoms with van der Waals surface area (Å²) in [7, 11) is 1.63. The first-order valence-electron chi connectivity index (χ1n) is 11.0. The molecule has 0 aliphatic heterocycles. The Hall–Kier alpha value is -2.76. The molecule has 0 saturated heterocycles. The highest BCUT2D eigenvalue weighted by molar-refractivity contribution is 5.87. The Kier molecular flexibility index (Phi) is 16.9. The molecule has 0 aliphatic rings. The van der Waals surface area contributed by atoms with Gasteiger partial charge in [0.2, 0.25) is 11.8 Å². The zero-order valence-electron chi connectivity index (χ0n) is 19.8. The number of nitrogens with one attached hydrogen (secondary N) is 2. The van der Waals surface area contributed by atoms with Gasteiger partial charge in [0.1, 0.15) is 12.4 Å². The summed E-state index contributed by atoms with van der Waals surface area (Å²) in [5, 5.41) is 5.27. The Labute approximate surface area is 201 Å². The van der Waals surface area contributed by atoms with Crippen LogP contribution < -0.4 is 15.4 Å². The van der Waals surface area contributed by atoms with Crippen molar-refractivity contribution >= 4 is 11.8 Å². The zero-order valence-corrected chi connectivity index (χ0v) is 19.8. The van der Waals surface area contributed by atoms with E-state index in [0.29, 0.717) is 58.5 Å². The van der Waals surface area contributed by atoms with Gasteiger partial charge in [-0.3, -0.25) is 9.59 Å². The average Bonchev–Trinajstić information content (AvgIpc) is 2.86. The molecule has 190 valence electrons. The zero-order chi connectivity index (χ0) is 24.9. The molecule has 0 bridgehead atoms. The molecule has 1 rings (SSSR count). The van der Waals surface area contributed by atoms with Crippen LogP contribution in [0.25, 0.3) is 0 Å². The summed E-state index contributed by atoms with van der Waals surface area (Å²) in [5.74, 6) is 0.119. The summed E-state index contributed by atoms with van der Waals surface area (Å²) in [5.41, 5.74) is 0.766. The molecule has 0 heterocycles. The number of ether oxygens (including phenoxy) is 6. The molecule has 2 N–H and O–H groups in total. The predicted octanol–water partition coefficient (Wildman–Crippen LogP) is 1.38. The van der Waals surface area contributed by atoms with Gasteiger partial charge in [-0.2, -0.15) is 0 Å². The van der Waals surface area contributed by atoms with Gasteiger partial charge in [-0.05, 0) is 24.3 Å². The van der Waals surface area contributed by atoms with Crippen LogP contribution in [-0.2, 0) is 33.3 Å². The molecular formula is C24H36N2O8. The van der Waals surface area contributed by atoms with Crippen molar-refractivity contribution in [1.82, 2.24) is 10.6 Å². The molecule has 0 radical (unpaired) electrons. The average molecular weight is 481 g/mol. The molecule has 10 heteroatoms. The molecule has 10 nitrogen and oxygen atoms in total. The number of hydrogen-bond donors (Lipinski definition) is 2. The standard InChI is InChI=1S/C24H36N2O8/c1-4-22(27)25-10-12-33-24(34-13-11-26-23(28)5-2)20-6-8-21(9-7-20)32-19-18-31-17-16-30-15-14-29-3/h4-9,24H,1-2,10-19H2,3H3,(H,25,27)(H,26,28). The molecule has 34 heavy (non-hydrogen) atoms. The monoisotopic (exact) mass is 480 g/mol. The summed E-state index contributed by atoms with van der Waals surface area (Å²) in [4.78, 5) is 22.5. The second-order valence-electron chi connectivity index (χ2n) is 6.70. The van der Waals surface area contributed by atoms with Crippen molar-refractivity contribution in [2.45, 2.75) is 6.29 Å². The Morgan fingerprint density at radius 2 is 1.29 bits per heavy atom. The number of amides is 2. The van der Waals surface area contributed by atoms with Gasteiger partial charge in [-0.25, -0.2) is 0 Å². The van der Waals surface area contributed by atoms with E-state index in [9.17, 15) is 9.59 Å². The van der Waals surface area contributed by atoms with Crippen molar-refractivity contribution in [3.63, 3.8) is 0 Å². The summed E-state index contributed by atoms with van der Waals surface area (Å²) >= 11 is 0. The fraction of sp³-hybridized carbons (Fsp3) is 0.500. The van der Waals surface area contributed by atoms with Crippen molar-refractivity contribution < 1.29 is 38.0 Å². The molecule has 0 unspecified atom stereocenters. The molecule has 0 spiro atoms. The van der Waals surface area contributed by atoms with Crippen molar-refractivity contribution in [3.8, 4) is 5.75 Å². The highest BCUT2D eigenvalue weighted by Crippen LogP contribution is 2.22. The van der Waals surface area contributed by atoms with Crippen LogP contribution >= 0.6 is 0 Å². The van der Waals surface area contributed by atoms with Gasteiger partial charge < -0.3 is 39.1 Å². The third-order valence-corrected chi connectivity index (χ3v) is 4.16. The minimum atomic E-state index is -0.684. The lowest BCUT2D eigenvalue weighted by molar-refractivity contribution is -0.146. The van der Waals surface area contributed by atoms with E-state index in [2.05, 4.69) is 23.8 Å². The smallest absolute Gasteiger partial charge is 0.243 e. The number of benzene rings is 1. The van der Waals surface area contributed by atoms with E-state index in [1.165, 1.54) is 12.2 Å². The van der Waals surface area contributed by atoms with Crippen LogP contribution in [0.4, 0.5) is 0 Å². The third-order valence-electron chi connectivity index (χ3n) is 4.16. The van der Waals surface area contributed by atoms with Crippen LogP contribution in [0.15, 0.2) is 49.6 Å². The van der Waals surface area contributed by atoms with Crippen LogP contribution in [0.1, 0.15) is 11.9 Å². The lowest BCUT2D eigenvalue weighted by atomic mass is 10.2. The van der Waals surface area contributed by atoms with Crippen molar-refractivity contribution in [2.24, 2.45) is 0 Å². The predicted molar refractivity (Wildman–Crippen MR) is 127 cm³/mol. The van der Waals surface area contributed by atoms with Gasteiger partial charge in [0.25, 0.3) is 0 Å². The molecule has 0 fully saturated rings. The first-order valence-corrected chi connectivity index (χ1v) is 11.0. The minimum Gasteiger partial charge on any atom is -0.491 e. The van der Waals surface area contributed by atoms with Gasteiger partial charge in [-0.1, -0.05) is 25.3 Å². The summed E-state index contributed by atoms with van der Waals surface area (Å²) in [6.07, 6.45) is 1.70. The Balaban J connectivity index is 2.43. The maximum Gasteiger partial charge on any atom is 0.243 e. The van der Waals surface area contributed by atoms with E-state index in [1.807, 2.05) is 24.3 Å². The highest BCUT2D eigenvalue weighted by atomic mass is 16.7. The number of rotatable bonds is 21. The molecule has 0 aromatic heterocycles. The molecule has 0 saturated carbocycles. The Morgan fingerprint density at radius 3 is 1.79 bits per heavy atom. The van der Waals surface area contributed by atoms with Crippen LogP contribution in [0.2, 0.25) is 0 Å². The van der Waals surface area contributed by atoms with Crippen molar-refractivity contribution in [1.29, 1.82) is 0 Å². The lowest BCUT2D eigenvalue weighted by Crippen LogP contribution is -2.28. The Morgan fingerprint density at radius 1 is 0.794 bits per heavy atom. The second kappa shape index (κ2) is 19.7. The van der Waals surface area contributed by atoms with Gasteiger partial charge in [0, 0.05) is 25.8 Å². The number of carbonyl (C=O) groups excluding carboxylic acids is 2. The molecule has 0 atom stereocenters. The third kappa shape index (κ3) is 14.4. The first kappa shape index (κ1) is 29.3. The van der Waals surface area contributed by atoms with E-state index in [0.717, 1.165) is 5.56 Å². The van der Waals surface area contributed by atoms with Crippen LogP contribution in [-0.4, -0.2) is 84.9 Å². The van der Waals surface area contributed by atoms with Gasteiger partial charge in [0.05, 0.1) is 46.2 Å². The summed E-state index contributed by atoms with van der Waals surface area (Å²) in [6, 6.07) is 7.27. The molecular weight excluding hydrogens is 444 g/mol. The second-order valence-corrected chi connectivity index (χ2v) is 6.70. The van der Waals surface area contributed by atoms with Crippen LogP contribution in [0.3, 0.4) is 0 Å². The minimum absolute atomic E-state index is 0.230. The molecule has 1 aromatic rings. The molecule has 0 aliphatic carbocycles. The normalized spacial score (nSPS) is 10.6. The fourth-order valence-corrected chi connectivity index (χ4v) is 2.47. The quantitative estimate of drug-likeness (QED) is 0.154. The number of carbonyl (C=O) groups is 2. The van der Waals surface area contributed by atoms with Gasteiger partial charge in [0.15, 0.2) is 6.29 Å². The molecule has 2 amide bonds. The van der Waals surface area contributed by atoms with Crippen LogP contribution in [0.5, 0.6) is 5.75 Å². The van der Waals surface area contributed by atoms with Crippen molar-refractivity contribution in [3.05, 3.63) is 55.1 Å². The highest BCUT2D eigenvalue weighted by Gasteiger charge is 2.13. The van der Waals surface area contributed by atoms with E-state index in [4.69, 9.17) is 28.4 Å². The number of hydrogen-bond acceptors (Lipinski definition) is 8. The SMILES string of the molecule is C=CC(=O)NCCOC(OCCNC(=O)C=C)c1ccc(OCCOCCOCCOC)cc1. The molecule has 1 aromatic carbocycles. The van der Waals surface area contributed by atoms with Crippen molar-refractivity contribution in [2.75, 3.05) is 73.1 Å². The number of methoxy groups -OCH3 is 1. The van der Waals surface area contributed by atoms with E-state index < -0.39 is 6.29 Å². The maximum absolute atomic E-state index is 11.3. The fourth-order valence-electron chi connectivity index (χ4n) is 2.47. The lowest BCUT2D eigenvalue weighted by Gasteiger charge is -2.20. The summed E-state index contributed by atoms with van der Waals surface area (Å²) in [6.45, 7) is 10.8. The van der Waals surface area contributed by atoms with E-state index >= 15 is 0 Å². The van der Waals surface area contributed by atoms with Crippen LogP contribution in [0, 0.1) is 0 Å². The topological polar surface area (TPSA) is 114 Å². The first-order chi connectivity index (χ1) is 16.6. The maximum atomic E-state index is 11.3.